The monoisotopic (exact) mass is 186 g/mol. The van der Waals surface area contributed by atoms with E-state index < -0.39 is 5.41 Å². The van der Waals surface area contributed by atoms with Crippen molar-refractivity contribution in [3.8, 4) is 0 Å². The second kappa shape index (κ2) is 4.09. The summed E-state index contributed by atoms with van der Waals surface area (Å²) < 4.78 is 0. The van der Waals surface area contributed by atoms with Gasteiger partial charge in [0.15, 0.2) is 0 Å². The van der Waals surface area contributed by atoms with E-state index in [4.69, 9.17) is 11.5 Å². The summed E-state index contributed by atoms with van der Waals surface area (Å²) in [6.45, 7) is 7.84. The zero-order chi connectivity index (χ0) is 10.7. The average molecular weight is 186 g/mol. The van der Waals surface area contributed by atoms with Crippen LogP contribution in [0.1, 0.15) is 47.0 Å². The number of carbonyl (C=O) groups is 1. The Kier molecular flexibility index (Phi) is 3.91. The lowest BCUT2D eigenvalue weighted by Gasteiger charge is -2.33. The number of primary amides is 1. The first-order valence-corrected chi connectivity index (χ1v) is 4.86. The van der Waals surface area contributed by atoms with Crippen molar-refractivity contribution in [2.45, 2.75) is 52.5 Å². The first kappa shape index (κ1) is 12.4. The molecule has 1 amide bonds. The molecule has 0 spiro atoms. The van der Waals surface area contributed by atoms with E-state index in [-0.39, 0.29) is 11.4 Å². The third-order valence-corrected chi connectivity index (χ3v) is 2.98. The number of hydrogen-bond donors (Lipinski definition) is 2. The Morgan fingerprint density at radius 3 is 1.92 bits per heavy atom. The Labute approximate surface area is 80.9 Å². The maximum Gasteiger partial charge on any atom is 0.223 e. The van der Waals surface area contributed by atoms with Gasteiger partial charge in [-0.2, -0.15) is 0 Å². The van der Waals surface area contributed by atoms with Gasteiger partial charge in [0.1, 0.15) is 0 Å². The van der Waals surface area contributed by atoms with E-state index in [1.165, 1.54) is 0 Å². The van der Waals surface area contributed by atoms with Crippen LogP contribution in [0, 0.1) is 5.41 Å². The molecule has 0 fully saturated rings. The molecule has 0 rings (SSSR count). The van der Waals surface area contributed by atoms with Gasteiger partial charge < -0.3 is 11.5 Å². The summed E-state index contributed by atoms with van der Waals surface area (Å²) in [5.74, 6) is -0.250. The summed E-state index contributed by atoms with van der Waals surface area (Å²) in [7, 11) is 0. The zero-order valence-corrected chi connectivity index (χ0v) is 9.18. The highest BCUT2D eigenvalue weighted by molar-refractivity contribution is 5.80. The van der Waals surface area contributed by atoms with E-state index in [0.29, 0.717) is 6.42 Å². The van der Waals surface area contributed by atoms with Crippen LogP contribution in [-0.2, 0) is 4.79 Å². The minimum atomic E-state index is -0.459. The number of amides is 1. The van der Waals surface area contributed by atoms with Gasteiger partial charge in [0.05, 0.1) is 0 Å². The molecular weight excluding hydrogens is 164 g/mol. The highest BCUT2D eigenvalue weighted by Crippen LogP contribution is 2.31. The van der Waals surface area contributed by atoms with Crippen LogP contribution in [0.4, 0.5) is 0 Å². The number of rotatable bonds is 5. The molecule has 0 aromatic carbocycles. The topological polar surface area (TPSA) is 69.1 Å². The first-order chi connectivity index (χ1) is 5.77. The summed E-state index contributed by atoms with van der Waals surface area (Å²) in [5, 5.41) is 0. The predicted molar refractivity (Wildman–Crippen MR) is 55.1 cm³/mol. The lowest BCUT2D eigenvalue weighted by molar-refractivity contribution is -0.128. The number of carbonyl (C=O) groups excluding carboxylic acids is 1. The lowest BCUT2D eigenvalue weighted by atomic mass is 9.75. The molecule has 0 saturated carbocycles. The van der Waals surface area contributed by atoms with Gasteiger partial charge in [-0.05, 0) is 26.2 Å². The van der Waals surface area contributed by atoms with Crippen LogP contribution in [-0.4, -0.2) is 11.4 Å². The molecule has 0 saturated heterocycles. The van der Waals surface area contributed by atoms with Crippen molar-refractivity contribution in [1.82, 2.24) is 0 Å². The molecule has 0 radical (unpaired) electrons. The molecule has 0 aromatic rings. The molecule has 78 valence electrons. The Morgan fingerprint density at radius 2 is 1.69 bits per heavy atom. The van der Waals surface area contributed by atoms with Gasteiger partial charge in [-0.3, -0.25) is 4.79 Å². The van der Waals surface area contributed by atoms with Crippen LogP contribution in [0.15, 0.2) is 0 Å². The minimum absolute atomic E-state index is 0.250. The molecular formula is C10H22N2O. The van der Waals surface area contributed by atoms with Crippen molar-refractivity contribution in [1.29, 1.82) is 0 Å². The van der Waals surface area contributed by atoms with E-state index in [2.05, 4.69) is 0 Å². The lowest BCUT2D eigenvalue weighted by Crippen LogP contribution is -2.45. The molecule has 0 bridgehead atoms. The number of nitrogens with two attached hydrogens (primary N) is 2. The SMILES string of the molecule is CCC(C)(N)CC(C)(CC)C(N)=O. The first-order valence-electron chi connectivity index (χ1n) is 4.86. The average Bonchev–Trinajstić information content (AvgIpc) is 2.03. The van der Waals surface area contributed by atoms with Crippen molar-refractivity contribution < 1.29 is 4.79 Å². The van der Waals surface area contributed by atoms with Crippen LogP contribution in [0.25, 0.3) is 0 Å². The highest BCUT2D eigenvalue weighted by Gasteiger charge is 2.35. The van der Waals surface area contributed by atoms with Crippen molar-refractivity contribution in [3.63, 3.8) is 0 Å². The largest absolute Gasteiger partial charge is 0.369 e. The van der Waals surface area contributed by atoms with E-state index >= 15 is 0 Å². The molecule has 0 aliphatic carbocycles. The van der Waals surface area contributed by atoms with Crippen LogP contribution in [0.5, 0.6) is 0 Å². The molecule has 0 aliphatic heterocycles. The van der Waals surface area contributed by atoms with Gasteiger partial charge in [-0.1, -0.05) is 20.8 Å². The molecule has 4 N–H and O–H groups in total. The molecule has 2 atom stereocenters. The highest BCUT2D eigenvalue weighted by atomic mass is 16.1. The van der Waals surface area contributed by atoms with E-state index in [1.54, 1.807) is 0 Å². The zero-order valence-electron chi connectivity index (χ0n) is 9.18. The van der Waals surface area contributed by atoms with E-state index in [0.717, 1.165) is 12.8 Å². The van der Waals surface area contributed by atoms with Gasteiger partial charge in [0.2, 0.25) is 5.91 Å². The smallest absolute Gasteiger partial charge is 0.223 e. The van der Waals surface area contributed by atoms with Gasteiger partial charge in [-0.25, -0.2) is 0 Å². The molecule has 0 aromatic heterocycles. The van der Waals surface area contributed by atoms with Crippen molar-refractivity contribution in [2.75, 3.05) is 0 Å². The van der Waals surface area contributed by atoms with Gasteiger partial charge in [0.25, 0.3) is 0 Å². The van der Waals surface area contributed by atoms with Crippen LogP contribution < -0.4 is 11.5 Å². The molecule has 3 nitrogen and oxygen atoms in total. The third kappa shape index (κ3) is 3.35. The number of hydrogen-bond acceptors (Lipinski definition) is 2. The quantitative estimate of drug-likeness (QED) is 0.681. The molecule has 3 heteroatoms. The Bertz CT molecular complexity index is 189. The summed E-state index contributed by atoms with van der Waals surface area (Å²) in [4.78, 5) is 11.2. The third-order valence-electron chi connectivity index (χ3n) is 2.98. The van der Waals surface area contributed by atoms with Crippen molar-refractivity contribution >= 4 is 5.91 Å². The standard InChI is InChI=1S/C10H22N2O/c1-5-9(3,8(11)13)7-10(4,12)6-2/h5-7,12H2,1-4H3,(H2,11,13). The van der Waals surface area contributed by atoms with Crippen LogP contribution in [0.2, 0.25) is 0 Å². The fourth-order valence-corrected chi connectivity index (χ4v) is 1.40. The maximum absolute atomic E-state index is 11.2. The van der Waals surface area contributed by atoms with Crippen LogP contribution in [0.3, 0.4) is 0 Å². The second-order valence-electron chi connectivity index (χ2n) is 4.46. The van der Waals surface area contributed by atoms with Crippen molar-refractivity contribution in [3.05, 3.63) is 0 Å². The Balaban J connectivity index is 4.54. The maximum atomic E-state index is 11.2. The van der Waals surface area contributed by atoms with E-state index in [9.17, 15) is 4.79 Å². The summed E-state index contributed by atoms with van der Waals surface area (Å²) in [6.07, 6.45) is 2.26. The van der Waals surface area contributed by atoms with Crippen LogP contribution >= 0.6 is 0 Å². The molecule has 13 heavy (non-hydrogen) atoms. The van der Waals surface area contributed by atoms with Crippen molar-refractivity contribution in [2.24, 2.45) is 16.9 Å². The fourth-order valence-electron chi connectivity index (χ4n) is 1.40. The minimum Gasteiger partial charge on any atom is -0.369 e. The van der Waals surface area contributed by atoms with Gasteiger partial charge >= 0.3 is 0 Å². The normalized spacial score (nSPS) is 20.4. The van der Waals surface area contributed by atoms with E-state index in [1.807, 2.05) is 27.7 Å². The Morgan fingerprint density at radius 1 is 1.23 bits per heavy atom. The fraction of sp³-hybridized carbons (Fsp3) is 0.900. The van der Waals surface area contributed by atoms with Gasteiger partial charge in [-0.15, -0.1) is 0 Å². The predicted octanol–water partition coefficient (Wildman–Crippen LogP) is 1.41. The summed E-state index contributed by atoms with van der Waals surface area (Å²) >= 11 is 0. The summed E-state index contributed by atoms with van der Waals surface area (Å²) in [5.41, 5.74) is 10.6. The Hall–Kier alpha value is -0.570. The second-order valence-corrected chi connectivity index (χ2v) is 4.46. The molecule has 2 unspecified atom stereocenters. The molecule has 0 aliphatic rings. The molecule has 0 heterocycles. The summed E-state index contributed by atoms with van der Waals surface area (Å²) in [6, 6.07) is 0. The van der Waals surface area contributed by atoms with Gasteiger partial charge in [0, 0.05) is 11.0 Å².